The Balaban J connectivity index is 1.22. The zero-order valence-corrected chi connectivity index (χ0v) is 23.6. The Kier molecular flexibility index (Phi) is 6.78. The molecule has 2 atom stereocenters. The van der Waals surface area contributed by atoms with E-state index in [1.807, 2.05) is 73.8 Å². The number of hydrogen-bond donors (Lipinski definition) is 3. The number of hydrogen-bond acceptors (Lipinski definition) is 6. The van der Waals surface area contributed by atoms with Gasteiger partial charge in [-0.15, -0.1) is 10.2 Å². The van der Waals surface area contributed by atoms with Gasteiger partial charge in [0.15, 0.2) is 5.65 Å². The second kappa shape index (κ2) is 10.4. The number of urea groups is 1. The molecule has 6 rings (SSSR count). The number of carbonyl (C=O) groups excluding carboxylic acids is 1. The van der Waals surface area contributed by atoms with Gasteiger partial charge in [-0.25, -0.2) is 9.48 Å². The number of phenolic OH excluding ortho intramolecular Hbond substituents is 1. The van der Waals surface area contributed by atoms with Crippen LogP contribution in [0.4, 0.5) is 10.6 Å². The number of phenols is 1. The number of aromatic hydroxyl groups is 1. The van der Waals surface area contributed by atoms with E-state index in [4.69, 9.17) is 21.4 Å². The Hall–Kier alpha value is -4.57. The molecule has 2 amide bonds. The van der Waals surface area contributed by atoms with Gasteiger partial charge in [0.05, 0.1) is 23.6 Å². The van der Waals surface area contributed by atoms with E-state index in [0.29, 0.717) is 22.9 Å². The van der Waals surface area contributed by atoms with Gasteiger partial charge in [-0.3, -0.25) is 9.72 Å². The summed E-state index contributed by atoms with van der Waals surface area (Å²) in [6.45, 7) is 6.13. The SMILES string of the molecule is CC(C)(C)c1cc(NC(=O)N[C@H]2CC[C@@H](Oc3ccc4nncn4c3)c3ccccc32)n(-c2cc(O)cc(Cl)c2)n1. The standard InChI is InChI=1S/C30H30ClN7O3/c1-30(2,3)26-15-28(38(36-26)19-12-18(31)13-20(39)14-19)34-29(40)33-24-9-10-25(23-7-5-4-6-22(23)24)41-21-8-11-27-35-32-17-37(27)16-21/h4-8,11-17,24-25,39H,9-10H2,1-3H3,(H2,33,34,40)/t24-,25+/m0/s1. The number of nitrogens with zero attached hydrogens (tertiary/aromatic N) is 5. The molecule has 0 aliphatic heterocycles. The molecule has 0 saturated carbocycles. The Morgan fingerprint density at radius 1 is 1.07 bits per heavy atom. The van der Waals surface area contributed by atoms with Crippen molar-refractivity contribution < 1.29 is 14.6 Å². The number of fused-ring (bicyclic) bond motifs is 2. The van der Waals surface area contributed by atoms with Crippen LogP contribution < -0.4 is 15.4 Å². The molecule has 2 aromatic carbocycles. The lowest BCUT2D eigenvalue weighted by molar-refractivity contribution is 0.171. The smallest absolute Gasteiger partial charge is 0.320 e. The zero-order valence-electron chi connectivity index (χ0n) is 22.9. The predicted molar refractivity (Wildman–Crippen MR) is 156 cm³/mol. The molecule has 41 heavy (non-hydrogen) atoms. The Labute approximate surface area is 241 Å². The molecule has 11 heteroatoms. The zero-order chi connectivity index (χ0) is 28.7. The maximum Gasteiger partial charge on any atom is 0.320 e. The van der Waals surface area contributed by atoms with Crippen molar-refractivity contribution in [3.8, 4) is 17.2 Å². The number of ether oxygens (including phenoxy) is 1. The number of anilines is 1. The highest BCUT2D eigenvalue weighted by molar-refractivity contribution is 6.30. The van der Waals surface area contributed by atoms with E-state index in [9.17, 15) is 9.90 Å². The number of nitrogens with one attached hydrogen (secondary N) is 2. The number of benzene rings is 2. The lowest BCUT2D eigenvalue weighted by atomic mass is 9.85. The van der Waals surface area contributed by atoms with E-state index < -0.39 is 0 Å². The summed E-state index contributed by atoms with van der Waals surface area (Å²) in [6, 6.07) is 17.7. The van der Waals surface area contributed by atoms with E-state index in [2.05, 4.69) is 20.8 Å². The molecule has 0 fully saturated rings. The Bertz CT molecular complexity index is 1720. The maximum atomic E-state index is 13.4. The first-order valence-electron chi connectivity index (χ1n) is 13.4. The molecule has 0 unspecified atom stereocenters. The molecule has 5 aromatic rings. The summed E-state index contributed by atoms with van der Waals surface area (Å²) in [7, 11) is 0. The quantitative estimate of drug-likeness (QED) is 0.226. The third-order valence-electron chi connectivity index (χ3n) is 7.11. The lowest BCUT2D eigenvalue weighted by Gasteiger charge is -2.32. The summed E-state index contributed by atoms with van der Waals surface area (Å²) in [6.07, 6.45) is 4.76. The molecule has 0 bridgehead atoms. The maximum absolute atomic E-state index is 13.4. The average molecular weight is 572 g/mol. The summed E-state index contributed by atoms with van der Waals surface area (Å²) >= 11 is 6.20. The van der Waals surface area contributed by atoms with Gasteiger partial charge in [0.2, 0.25) is 0 Å². The molecule has 3 aromatic heterocycles. The first-order chi connectivity index (χ1) is 19.6. The second-order valence-electron chi connectivity index (χ2n) is 11.2. The van der Waals surface area contributed by atoms with E-state index in [0.717, 1.165) is 34.6 Å². The van der Waals surface area contributed by atoms with Crippen molar-refractivity contribution >= 4 is 29.1 Å². The first kappa shape index (κ1) is 26.6. The summed E-state index contributed by atoms with van der Waals surface area (Å²) in [4.78, 5) is 13.4. The van der Waals surface area contributed by atoms with Gasteiger partial charge in [-0.1, -0.05) is 56.6 Å². The summed E-state index contributed by atoms with van der Waals surface area (Å²) < 4.78 is 9.78. The molecule has 3 heterocycles. The molecule has 210 valence electrons. The van der Waals surface area contributed by atoms with Crippen LogP contribution in [0.15, 0.2) is 73.2 Å². The molecule has 0 radical (unpaired) electrons. The molecule has 3 N–H and O–H groups in total. The molecular weight excluding hydrogens is 542 g/mol. The molecule has 0 saturated heterocycles. The average Bonchev–Trinajstić information content (AvgIpc) is 3.56. The second-order valence-corrected chi connectivity index (χ2v) is 11.6. The normalized spacial score (nSPS) is 16.8. The van der Waals surface area contributed by atoms with Gasteiger partial charge in [0.1, 0.15) is 29.7 Å². The molecule has 1 aliphatic rings. The summed E-state index contributed by atoms with van der Waals surface area (Å²) in [5.74, 6) is 1.19. The van der Waals surface area contributed by atoms with Gasteiger partial charge in [-0.05, 0) is 48.2 Å². The highest BCUT2D eigenvalue weighted by Crippen LogP contribution is 2.39. The highest BCUT2D eigenvalue weighted by atomic mass is 35.5. The molecule has 10 nitrogen and oxygen atoms in total. The van der Waals surface area contributed by atoms with Gasteiger partial charge in [-0.2, -0.15) is 5.10 Å². The van der Waals surface area contributed by atoms with Crippen LogP contribution in [0, 0.1) is 0 Å². The van der Waals surface area contributed by atoms with Crippen LogP contribution in [-0.2, 0) is 5.41 Å². The number of rotatable bonds is 5. The highest BCUT2D eigenvalue weighted by Gasteiger charge is 2.30. The first-order valence-corrected chi connectivity index (χ1v) is 13.7. The predicted octanol–water partition coefficient (Wildman–Crippen LogP) is 6.35. The van der Waals surface area contributed by atoms with Gasteiger partial charge in [0, 0.05) is 22.6 Å². The van der Waals surface area contributed by atoms with E-state index >= 15 is 0 Å². The fourth-order valence-corrected chi connectivity index (χ4v) is 5.31. The van der Waals surface area contributed by atoms with Gasteiger partial charge >= 0.3 is 6.03 Å². The van der Waals surface area contributed by atoms with Crippen molar-refractivity contribution in [1.82, 2.24) is 29.7 Å². The lowest BCUT2D eigenvalue weighted by Crippen LogP contribution is -2.36. The van der Waals surface area contributed by atoms with Crippen molar-refractivity contribution in [2.24, 2.45) is 0 Å². The van der Waals surface area contributed by atoms with Crippen LogP contribution >= 0.6 is 11.6 Å². The number of aromatic nitrogens is 5. The van der Waals surface area contributed by atoms with Crippen LogP contribution in [0.1, 0.15) is 62.6 Å². The summed E-state index contributed by atoms with van der Waals surface area (Å²) in [5, 5.41) is 29.3. The number of halogens is 1. The minimum atomic E-state index is -0.366. The van der Waals surface area contributed by atoms with Crippen molar-refractivity contribution in [2.45, 2.75) is 51.2 Å². The number of amides is 2. The van der Waals surface area contributed by atoms with Crippen LogP contribution in [0.5, 0.6) is 11.5 Å². The molecule has 0 spiro atoms. The van der Waals surface area contributed by atoms with Gasteiger partial charge < -0.3 is 15.2 Å². The van der Waals surface area contributed by atoms with Crippen LogP contribution in [0.25, 0.3) is 11.3 Å². The van der Waals surface area contributed by atoms with E-state index in [1.165, 1.54) is 6.07 Å². The van der Waals surface area contributed by atoms with Crippen molar-refractivity contribution in [1.29, 1.82) is 0 Å². The van der Waals surface area contributed by atoms with Crippen LogP contribution in [0.3, 0.4) is 0 Å². The Morgan fingerprint density at radius 3 is 2.66 bits per heavy atom. The van der Waals surface area contributed by atoms with E-state index in [1.54, 1.807) is 23.1 Å². The fraction of sp³-hybridized carbons (Fsp3) is 0.267. The number of carbonyl (C=O) groups is 1. The topological polar surface area (TPSA) is 119 Å². The number of pyridine rings is 1. The Morgan fingerprint density at radius 2 is 1.88 bits per heavy atom. The minimum absolute atomic E-state index is 0.00732. The fourth-order valence-electron chi connectivity index (χ4n) is 5.09. The van der Waals surface area contributed by atoms with Crippen molar-refractivity contribution in [3.63, 3.8) is 0 Å². The van der Waals surface area contributed by atoms with Crippen molar-refractivity contribution in [2.75, 3.05) is 5.32 Å². The third kappa shape index (κ3) is 5.55. The summed E-state index contributed by atoms with van der Waals surface area (Å²) in [5.41, 5.74) is 3.83. The van der Waals surface area contributed by atoms with Crippen molar-refractivity contribution in [3.05, 3.63) is 95.0 Å². The molecule has 1 aliphatic carbocycles. The monoisotopic (exact) mass is 571 g/mol. The third-order valence-corrected chi connectivity index (χ3v) is 7.33. The van der Waals surface area contributed by atoms with Crippen LogP contribution in [0.2, 0.25) is 5.02 Å². The van der Waals surface area contributed by atoms with Gasteiger partial charge in [0.25, 0.3) is 0 Å². The minimum Gasteiger partial charge on any atom is -0.508 e. The van der Waals surface area contributed by atoms with E-state index in [-0.39, 0.29) is 29.3 Å². The van der Waals surface area contributed by atoms with Crippen LogP contribution in [-0.4, -0.2) is 35.5 Å². The largest absolute Gasteiger partial charge is 0.508 e. The molecular formula is C30H30ClN7O3.